The van der Waals surface area contributed by atoms with E-state index in [0.29, 0.717) is 5.41 Å². The summed E-state index contributed by atoms with van der Waals surface area (Å²) in [5.74, 6) is 0. The Morgan fingerprint density at radius 2 is 2.29 bits per heavy atom. The molecule has 0 aromatic carbocycles. The molecule has 1 saturated carbocycles. The van der Waals surface area contributed by atoms with Gasteiger partial charge in [-0.3, -0.25) is 9.97 Å². The number of aromatic nitrogens is 2. The van der Waals surface area contributed by atoms with E-state index >= 15 is 0 Å². The summed E-state index contributed by atoms with van der Waals surface area (Å²) in [6.45, 7) is 4.24. The van der Waals surface area contributed by atoms with Gasteiger partial charge in [0.2, 0.25) is 0 Å². The van der Waals surface area contributed by atoms with Crippen molar-refractivity contribution in [1.29, 1.82) is 0 Å². The van der Waals surface area contributed by atoms with Crippen LogP contribution < -0.4 is 5.32 Å². The van der Waals surface area contributed by atoms with E-state index in [1.54, 1.807) is 12.4 Å². The summed E-state index contributed by atoms with van der Waals surface area (Å²) in [4.78, 5) is 8.25. The fourth-order valence-corrected chi connectivity index (χ4v) is 1.71. The van der Waals surface area contributed by atoms with Gasteiger partial charge in [-0.1, -0.05) is 6.92 Å². The zero-order valence-corrected chi connectivity index (χ0v) is 8.66. The van der Waals surface area contributed by atoms with E-state index in [-0.39, 0.29) is 0 Å². The third kappa shape index (κ3) is 2.29. The lowest BCUT2D eigenvalue weighted by Crippen LogP contribution is -2.23. The molecule has 76 valence electrons. The molecule has 0 unspecified atom stereocenters. The molecule has 3 nitrogen and oxygen atoms in total. The molecule has 1 aliphatic carbocycles. The van der Waals surface area contributed by atoms with Gasteiger partial charge in [0.1, 0.15) is 0 Å². The van der Waals surface area contributed by atoms with Crippen LogP contribution in [0.4, 0.5) is 0 Å². The first-order valence-electron chi connectivity index (χ1n) is 5.30. The van der Waals surface area contributed by atoms with Gasteiger partial charge in [0, 0.05) is 31.7 Å². The van der Waals surface area contributed by atoms with Gasteiger partial charge in [0.15, 0.2) is 0 Å². The Labute approximate surface area is 85.0 Å². The van der Waals surface area contributed by atoms with Crippen LogP contribution in [-0.2, 0) is 6.54 Å². The third-order valence-electron chi connectivity index (χ3n) is 3.13. The van der Waals surface area contributed by atoms with Gasteiger partial charge in [-0.05, 0) is 24.7 Å². The molecule has 1 heterocycles. The van der Waals surface area contributed by atoms with Gasteiger partial charge in [-0.2, -0.15) is 0 Å². The standard InChI is InChI=1S/C11H17N3/c1-2-11(3-4-11)9-13-8-10-7-12-5-6-14-10/h5-7,13H,2-4,8-9H2,1H3. The number of nitrogens with one attached hydrogen (secondary N) is 1. The predicted octanol–water partition coefficient (Wildman–Crippen LogP) is 1.76. The van der Waals surface area contributed by atoms with Crippen LogP contribution in [0.1, 0.15) is 31.9 Å². The molecule has 14 heavy (non-hydrogen) atoms. The van der Waals surface area contributed by atoms with Crippen molar-refractivity contribution in [3.8, 4) is 0 Å². The fraction of sp³-hybridized carbons (Fsp3) is 0.636. The van der Waals surface area contributed by atoms with Crippen molar-refractivity contribution in [2.75, 3.05) is 6.54 Å². The second-order valence-electron chi connectivity index (χ2n) is 4.15. The molecule has 0 aliphatic heterocycles. The maximum atomic E-state index is 4.22. The Balaban J connectivity index is 1.73. The minimum Gasteiger partial charge on any atom is -0.311 e. The number of hydrogen-bond donors (Lipinski definition) is 1. The molecule has 1 aromatic rings. The minimum absolute atomic E-state index is 0.613. The van der Waals surface area contributed by atoms with E-state index in [4.69, 9.17) is 0 Å². The van der Waals surface area contributed by atoms with Crippen molar-refractivity contribution in [2.45, 2.75) is 32.7 Å². The molecule has 0 bridgehead atoms. The molecule has 2 rings (SSSR count). The molecular formula is C11H17N3. The summed E-state index contributed by atoms with van der Waals surface area (Å²) in [6.07, 6.45) is 9.33. The highest BCUT2D eigenvalue weighted by atomic mass is 14.9. The molecule has 3 heteroatoms. The summed E-state index contributed by atoms with van der Waals surface area (Å²) >= 11 is 0. The highest BCUT2D eigenvalue weighted by Crippen LogP contribution is 2.47. The Hall–Kier alpha value is -0.960. The molecule has 1 fully saturated rings. The molecule has 0 spiro atoms. The van der Waals surface area contributed by atoms with E-state index in [1.807, 2.05) is 6.20 Å². The lowest BCUT2D eigenvalue weighted by Gasteiger charge is -2.12. The highest BCUT2D eigenvalue weighted by Gasteiger charge is 2.39. The zero-order chi connectivity index (χ0) is 9.86. The van der Waals surface area contributed by atoms with Crippen molar-refractivity contribution in [1.82, 2.24) is 15.3 Å². The van der Waals surface area contributed by atoms with E-state index in [9.17, 15) is 0 Å². The van der Waals surface area contributed by atoms with E-state index in [1.165, 1.54) is 19.3 Å². The summed E-state index contributed by atoms with van der Waals surface area (Å²) in [5.41, 5.74) is 1.64. The maximum absolute atomic E-state index is 4.22. The van der Waals surface area contributed by atoms with Crippen LogP contribution in [0.2, 0.25) is 0 Å². The topological polar surface area (TPSA) is 37.8 Å². The SMILES string of the molecule is CCC1(CNCc2cnccn2)CC1. The summed E-state index contributed by atoms with van der Waals surface area (Å²) < 4.78 is 0. The first-order valence-corrected chi connectivity index (χ1v) is 5.30. The van der Waals surface area contributed by atoms with Crippen molar-refractivity contribution in [3.63, 3.8) is 0 Å². The lowest BCUT2D eigenvalue weighted by atomic mass is 10.0. The molecule has 0 saturated heterocycles. The van der Waals surface area contributed by atoms with Crippen LogP contribution >= 0.6 is 0 Å². The van der Waals surface area contributed by atoms with Crippen molar-refractivity contribution in [2.24, 2.45) is 5.41 Å². The second-order valence-corrected chi connectivity index (χ2v) is 4.15. The average Bonchev–Trinajstić information content (AvgIpc) is 3.00. The fourth-order valence-electron chi connectivity index (χ4n) is 1.71. The minimum atomic E-state index is 0.613. The molecule has 1 N–H and O–H groups in total. The quantitative estimate of drug-likeness (QED) is 0.770. The second kappa shape index (κ2) is 4.05. The smallest absolute Gasteiger partial charge is 0.0724 e. The van der Waals surface area contributed by atoms with Crippen LogP contribution in [0.15, 0.2) is 18.6 Å². The predicted molar refractivity (Wildman–Crippen MR) is 55.7 cm³/mol. The lowest BCUT2D eigenvalue weighted by molar-refractivity contribution is 0.441. The summed E-state index contributed by atoms with van der Waals surface area (Å²) in [5, 5.41) is 3.45. The zero-order valence-electron chi connectivity index (χ0n) is 8.66. The molecule has 0 atom stereocenters. The molecule has 1 aromatic heterocycles. The van der Waals surface area contributed by atoms with Crippen LogP contribution in [0, 0.1) is 5.41 Å². The summed E-state index contributed by atoms with van der Waals surface area (Å²) in [6, 6.07) is 0. The Morgan fingerprint density at radius 3 is 2.86 bits per heavy atom. The van der Waals surface area contributed by atoms with Gasteiger partial charge < -0.3 is 5.32 Å². The van der Waals surface area contributed by atoms with Crippen molar-refractivity contribution < 1.29 is 0 Å². The van der Waals surface area contributed by atoms with Gasteiger partial charge >= 0.3 is 0 Å². The first kappa shape index (κ1) is 9.59. The van der Waals surface area contributed by atoms with Gasteiger partial charge in [-0.15, -0.1) is 0 Å². The number of nitrogens with zero attached hydrogens (tertiary/aromatic N) is 2. The first-order chi connectivity index (χ1) is 6.85. The van der Waals surface area contributed by atoms with E-state index in [2.05, 4.69) is 22.2 Å². The van der Waals surface area contributed by atoms with Crippen LogP contribution in [0.5, 0.6) is 0 Å². The molecule has 0 amide bonds. The Kier molecular flexibility index (Phi) is 2.77. The van der Waals surface area contributed by atoms with Crippen LogP contribution in [-0.4, -0.2) is 16.5 Å². The van der Waals surface area contributed by atoms with Crippen LogP contribution in [0.3, 0.4) is 0 Å². The monoisotopic (exact) mass is 191 g/mol. The normalized spacial score (nSPS) is 18.1. The molecular weight excluding hydrogens is 174 g/mol. The van der Waals surface area contributed by atoms with E-state index < -0.39 is 0 Å². The molecule has 0 radical (unpaired) electrons. The Morgan fingerprint density at radius 1 is 1.43 bits per heavy atom. The number of rotatable bonds is 5. The van der Waals surface area contributed by atoms with Crippen LogP contribution in [0.25, 0.3) is 0 Å². The highest BCUT2D eigenvalue weighted by molar-refractivity contribution is 4.97. The van der Waals surface area contributed by atoms with Gasteiger partial charge in [0.05, 0.1) is 5.69 Å². The number of hydrogen-bond acceptors (Lipinski definition) is 3. The molecule has 1 aliphatic rings. The van der Waals surface area contributed by atoms with Gasteiger partial charge in [0.25, 0.3) is 0 Å². The Bertz CT molecular complexity index is 280. The van der Waals surface area contributed by atoms with Gasteiger partial charge in [-0.25, -0.2) is 0 Å². The summed E-state index contributed by atoms with van der Waals surface area (Å²) in [7, 11) is 0. The third-order valence-corrected chi connectivity index (χ3v) is 3.13. The van der Waals surface area contributed by atoms with Crippen molar-refractivity contribution >= 4 is 0 Å². The average molecular weight is 191 g/mol. The maximum Gasteiger partial charge on any atom is 0.0724 e. The van der Waals surface area contributed by atoms with E-state index in [0.717, 1.165) is 18.8 Å². The van der Waals surface area contributed by atoms with Crippen molar-refractivity contribution in [3.05, 3.63) is 24.3 Å². The largest absolute Gasteiger partial charge is 0.311 e.